The zero-order valence-corrected chi connectivity index (χ0v) is 39.1. The van der Waals surface area contributed by atoms with Gasteiger partial charge in [0, 0.05) is 61.2 Å². The number of nitrogens with zero attached hydrogens (tertiary/aromatic N) is 4. The molecular weight excluding hydrogens is 869 g/mol. The molecule has 2 aromatic heterocycles. The molecule has 342 valence electrons. The van der Waals surface area contributed by atoms with Crippen molar-refractivity contribution in [2.24, 2.45) is 0 Å². The van der Waals surface area contributed by atoms with E-state index in [1.807, 2.05) is 76.2 Å². The van der Waals surface area contributed by atoms with E-state index in [4.69, 9.17) is 18.6 Å². The molecule has 6 nitrogen and oxygen atoms in total. The average Bonchev–Trinajstić information content (AvgIpc) is 4.27. The highest BCUT2D eigenvalue weighted by molar-refractivity contribution is 6.10. The molecule has 11 aromatic rings. The highest BCUT2D eigenvalue weighted by atomic mass is 16.5. The third kappa shape index (κ3) is 7.38. The Hall–Kier alpha value is -8.87. The van der Waals surface area contributed by atoms with Crippen molar-refractivity contribution in [2.45, 2.75) is 33.0 Å². The number of anilines is 4. The molecule has 0 aliphatic carbocycles. The lowest BCUT2D eigenvalue weighted by atomic mass is 9.86. The number of pyridine rings is 1. The number of ether oxygens (including phenoxy) is 2. The summed E-state index contributed by atoms with van der Waals surface area (Å²) in [6.07, 6.45) is 1.60. The fraction of sp³-hybridized carbons (Fsp3) is 0.0923. The summed E-state index contributed by atoms with van der Waals surface area (Å²) in [6.45, 7) is 4.02. The first-order valence-electron chi connectivity index (χ1n) is 28.5. The lowest BCUT2D eigenvalue weighted by Crippen LogP contribution is -2.25. The molecule has 0 saturated carbocycles. The summed E-state index contributed by atoms with van der Waals surface area (Å²) in [6, 6.07) is 49.2. The van der Waals surface area contributed by atoms with Crippen molar-refractivity contribution in [3.63, 3.8) is 0 Å². The standard InChI is InChI=1S/C65H50N4O2/c1-42-36-63-66-40-57(42)46-28-31-49(32-29-46)71-62-23-11-8-18-54(62)55-20-13-19-52(45-26-24-44(25-27-45)43-14-6-5-7-15-43)64(55)68-41-67(59-21-9-10-22-60(59)68)48-16-12-17-50(38-48)70-51-33-34-53-56-37-47(65(2,3)4)30-35-58(56)69(63)61(53)39-51/h5-40H,41H2,1-4H3/i1D3,13D,19D,20D,24D,25D,26D,27D. The van der Waals surface area contributed by atoms with Crippen LogP contribution in [0, 0.1) is 6.85 Å². The molecule has 15 rings (SSSR count). The maximum Gasteiger partial charge on any atom is 0.137 e. The van der Waals surface area contributed by atoms with E-state index < -0.39 is 31.0 Å². The molecule has 4 aliphatic rings. The van der Waals surface area contributed by atoms with Crippen LogP contribution in [0.3, 0.4) is 0 Å². The van der Waals surface area contributed by atoms with Crippen LogP contribution in [-0.2, 0) is 5.41 Å². The number of aryl methyl sites for hydroxylation is 1. The topological polar surface area (TPSA) is 42.8 Å². The number of aromatic nitrogens is 2. The second kappa shape index (κ2) is 16.7. The van der Waals surface area contributed by atoms with Crippen molar-refractivity contribution in [3.8, 4) is 73.3 Å². The summed E-state index contributed by atoms with van der Waals surface area (Å²) in [5.74, 6) is 2.07. The number of benzene rings is 9. The van der Waals surface area contributed by atoms with Crippen LogP contribution in [0.5, 0.6) is 23.0 Å². The molecule has 6 heterocycles. The SMILES string of the molecule is [2H]c1c([2H])c2c(c(-c3c([2H])c([2H])c(-c4ccccc4)c([2H])c3[2H])c1[2H])N1CN(c3cccc(c3)Oc3ccc4c5cc(C(C)(C)C)ccc5n(c4c3)-c3cc(C([2H])([2H])[2H])c(cn3)-c3ccc(cc3)Oc3ccccc3-2)c2ccccc21. The third-order valence-corrected chi connectivity index (χ3v) is 13.4. The zero-order chi connectivity index (χ0) is 56.4. The third-order valence-electron chi connectivity index (χ3n) is 13.4. The van der Waals surface area contributed by atoms with Gasteiger partial charge in [0.05, 0.1) is 37.7 Å². The lowest BCUT2D eigenvalue weighted by Gasteiger charge is -2.28. The molecule has 0 atom stereocenters. The molecule has 0 spiro atoms. The number of para-hydroxylation sites is 4. The van der Waals surface area contributed by atoms with Crippen molar-refractivity contribution in [2.75, 3.05) is 16.5 Å². The van der Waals surface area contributed by atoms with Gasteiger partial charge >= 0.3 is 0 Å². The van der Waals surface area contributed by atoms with Crippen LogP contribution in [0.1, 0.15) is 45.6 Å². The number of rotatable bonds is 2. The minimum atomic E-state index is -2.56. The summed E-state index contributed by atoms with van der Waals surface area (Å²) in [5.41, 5.74) is 6.76. The summed E-state index contributed by atoms with van der Waals surface area (Å²) in [4.78, 5) is 8.96. The fourth-order valence-corrected chi connectivity index (χ4v) is 9.88. The molecule has 0 radical (unpaired) electrons. The first-order chi connectivity index (χ1) is 38.8. The van der Waals surface area contributed by atoms with E-state index in [0.717, 1.165) is 33.1 Å². The Labute approximate surface area is 428 Å². The quantitative estimate of drug-likeness (QED) is 0.173. The van der Waals surface area contributed by atoms with E-state index in [-0.39, 0.29) is 69.5 Å². The summed E-state index contributed by atoms with van der Waals surface area (Å²) >= 11 is 0. The Morgan fingerprint density at radius 1 is 0.521 bits per heavy atom. The summed E-state index contributed by atoms with van der Waals surface area (Å²) in [7, 11) is 0. The van der Waals surface area contributed by atoms with Gasteiger partial charge in [0.15, 0.2) is 0 Å². The maximum absolute atomic E-state index is 9.86. The van der Waals surface area contributed by atoms with Crippen LogP contribution < -0.4 is 19.3 Å². The monoisotopic (exact) mass is 928 g/mol. The Bertz CT molecular complexity index is 4370. The minimum Gasteiger partial charge on any atom is -0.457 e. The van der Waals surface area contributed by atoms with E-state index in [2.05, 4.69) is 43.9 Å². The number of hydrogen-bond donors (Lipinski definition) is 0. The summed E-state index contributed by atoms with van der Waals surface area (Å²) < 4.78 is 110. The van der Waals surface area contributed by atoms with Crippen LogP contribution in [-0.4, -0.2) is 16.2 Å². The number of fused-ring (bicyclic) bond motifs is 5. The van der Waals surface area contributed by atoms with Crippen molar-refractivity contribution in [1.29, 1.82) is 0 Å². The average molecular weight is 929 g/mol. The highest BCUT2D eigenvalue weighted by Crippen LogP contribution is 2.52. The van der Waals surface area contributed by atoms with Crippen LogP contribution in [0.2, 0.25) is 0 Å². The second-order valence-corrected chi connectivity index (χ2v) is 18.9. The Balaban J connectivity index is 1.07. The van der Waals surface area contributed by atoms with Crippen molar-refractivity contribution < 1.29 is 23.2 Å². The molecule has 0 N–H and O–H groups in total. The van der Waals surface area contributed by atoms with E-state index >= 15 is 0 Å². The minimum absolute atomic E-state index is 0.0657. The maximum atomic E-state index is 9.86. The Morgan fingerprint density at radius 3 is 2.07 bits per heavy atom. The van der Waals surface area contributed by atoms with Gasteiger partial charge in [-0.05, 0) is 118 Å². The molecule has 6 heteroatoms. The molecule has 10 bridgehead atoms. The highest BCUT2D eigenvalue weighted by Gasteiger charge is 2.32. The largest absolute Gasteiger partial charge is 0.457 e. The van der Waals surface area contributed by atoms with Gasteiger partial charge < -0.3 is 19.3 Å². The van der Waals surface area contributed by atoms with Gasteiger partial charge in [-0.15, -0.1) is 0 Å². The smallest absolute Gasteiger partial charge is 0.137 e. The fourth-order valence-electron chi connectivity index (χ4n) is 9.88. The molecule has 71 heavy (non-hydrogen) atoms. The molecule has 0 unspecified atom stereocenters. The molecule has 0 saturated heterocycles. The van der Waals surface area contributed by atoms with E-state index in [1.165, 1.54) is 0 Å². The number of hydrogen-bond acceptors (Lipinski definition) is 5. The van der Waals surface area contributed by atoms with Crippen LogP contribution in [0.25, 0.3) is 72.1 Å². The molecule has 0 fully saturated rings. The first kappa shape index (κ1) is 32.8. The Kier molecular flexibility index (Phi) is 7.70. The van der Waals surface area contributed by atoms with Gasteiger partial charge in [-0.2, -0.15) is 0 Å². The van der Waals surface area contributed by atoms with Gasteiger partial charge in [0.1, 0.15) is 35.5 Å². The van der Waals surface area contributed by atoms with Crippen LogP contribution in [0.15, 0.2) is 218 Å². The second-order valence-electron chi connectivity index (χ2n) is 18.9. The van der Waals surface area contributed by atoms with E-state index in [9.17, 15) is 9.60 Å². The van der Waals surface area contributed by atoms with Crippen LogP contribution in [0.4, 0.5) is 22.7 Å². The summed E-state index contributed by atoms with van der Waals surface area (Å²) in [5, 5.41) is 1.90. The first-order valence-corrected chi connectivity index (χ1v) is 23.5. The predicted molar refractivity (Wildman–Crippen MR) is 292 cm³/mol. The molecule has 4 aliphatic heterocycles. The van der Waals surface area contributed by atoms with Gasteiger partial charge in [-0.3, -0.25) is 4.57 Å². The molecule has 0 amide bonds. The molecule has 9 aromatic carbocycles. The van der Waals surface area contributed by atoms with Crippen molar-refractivity contribution >= 4 is 44.6 Å². The van der Waals surface area contributed by atoms with Gasteiger partial charge in [0.2, 0.25) is 0 Å². The Morgan fingerprint density at radius 2 is 1.25 bits per heavy atom. The predicted octanol–water partition coefficient (Wildman–Crippen LogP) is 17.6. The molecular formula is C65H50N4O2. The van der Waals surface area contributed by atoms with Crippen molar-refractivity contribution in [1.82, 2.24) is 9.55 Å². The van der Waals surface area contributed by atoms with E-state index in [0.29, 0.717) is 56.7 Å². The normalized spacial score (nSPS) is 15.1. The van der Waals surface area contributed by atoms with Gasteiger partial charge in [-0.1, -0.05) is 148 Å². The lowest BCUT2D eigenvalue weighted by molar-refractivity contribution is 0.483. The van der Waals surface area contributed by atoms with Gasteiger partial charge in [-0.25, -0.2) is 4.98 Å². The van der Waals surface area contributed by atoms with Crippen LogP contribution >= 0.6 is 0 Å². The van der Waals surface area contributed by atoms with Crippen molar-refractivity contribution in [3.05, 3.63) is 229 Å². The zero-order valence-electron chi connectivity index (χ0n) is 49.1. The van der Waals surface area contributed by atoms with E-state index in [1.54, 1.807) is 91.1 Å². The van der Waals surface area contributed by atoms with Gasteiger partial charge in [0.25, 0.3) is 0 Å².